The average molecular weight is 300 g/mol. The summed E-state index contributed by atoms with van der Waals surface area (Å²) < 4.78 is 1.98. The molecule has 116 valence electrons. The van der Waals surface area contributed by atoms with Gasteiger partial charge in [-0.2, -0.15) is 0 Å². The number of hydrogen-bond acceptors (Lipinski definition) is 2. The van der Waals surface area contributed by atoms with Gasteiger partial charge in [0.15, 0.2) is 0 Å². The molecule has 0 aliphatic rings. The van der Waals surface area contributed by atoms with Crippen LogP contribution < -0.4 is 5.32 Å². The minimum atomic E-state index is -1.02. The van der Waals surface area contributed by atoms with Crippen LogP contribution in [0.5, 0.6) is 0 Å². The van der Waals surface area contributed by atoms with Crippen LogP contribution in [0.15, 0.2) is 36.4 Å². The van der Waals surface area contributed by atoms with Crippen molar-refractivity contribution >= 4 is 11.9 Å². The predicted molar refractivity (Wildman–Crippen MR) is 84.4 cm³/mol. The molecule has 1 atom stereocenters. The fourth-order valence-electron chi connectivity index (χ4n) is 2.54. The zero-order valence-electron chi connectivity index (χ0n) is 13.0. The molecule has 0 radical (unpaired) electrons. The van der Waals surface area contributed by atoms with Crippen molar-refractivity contribution in [1.29, 1.82) is 0 Å². The van der Waals surface area contributed by atoms with E-state index in [1.54, 1.807) is 13.0 Å². The van der Waals surface area contributed by atoms with Gasteiger partial charge in [-0.3, -0.25) is 4.79 Å². The van der Waals surface area contributed by atoms with E-state index < -0.39 is 12.0 Å². The smallest absolute Gasteiger partial charge is 0.326 e. The number of carboxylic acid groups (broad SMARTS) is 1. The van der Waals surface area contributed by atoms with Crippen molar-refractivity contribution < 1.29 is 14.7 Å². The Morgan fingerprint density at radius 3 is 2.41 bits per heavy atom. The van der Waals surface area contributed by atoms with E-state index in [4.69, 9.17) is 5.11 Å². The van der Waals surface area contributed by atoms with E-state index in [0.29, 0.717) is 12.0 Å². The summed E-state index contributed by atoms with van der Waals surface area (Å²) in [5.74, 6) is -1.38. The van der Waals surface area contributed by atoms with Crippen LogP contribution in [0.25, 0.3) is 5.69 Å². The van der Waals surface area contributed by atoms with E-state index in [2.05, 4.69) is 5.32 Å². The molecule has 0 bridgehead atoms. The highest BCUT2D eigenvalue weighted by Crippen LogP contribution is 2.20. The van der Waals surface area contributed by atoms with E-state index in [1.165, 1.54) is 0 Å². The zero-order valence-corrected chi connectivity index (χ0v) is 13.0. The standard InChI is InChI=1S/C17H20N2O3/c1-4-15(17(21)22)18-16(20)14-10-11(2)19(12(14)3)13-8-6-5-7-9-13/h5-10,15H,4H2,1-3H3,(H,18,20)(H,21,22). The van der Waals surface area contributed by atoms with Gasteiger partial charge in [0.2, 0.25) is 0 Å². The van der Waals surface area contributed by atoms with E-state index in [-0.39, 0.29) is 5.91 Å². The Kier molecular flexibility index (Phi) is 4.65. The topological polar surface area (TPSA) is 71.3 Å². The first kappa shape index (κ1) is 15.8. The van der Waals surface area contributed by atoms with Gasteiger partial charge in [0, 0.05) is 17.1 Å². The number of aromatic nitrogens is 1. The van der Waals surface area contributed by atoms with Crippen LogP contribution in [-0.2, 0) is 4.79 Å². The SMILES string of the molecule is CCC(NC(=O)c1cc(C)n(-c2ccccc2)c1C)C(=O)O. The molecule has 2 N–H and O–H groups in total. The van der Waals surface area contributed by atoms with Gasteiger partial charge >= 0.3 is 5.97 Å². The molecule has 0 spiro atoms. The van der Waals surface area contributed by atoms with Crippen molar-refractivity contribution in [3.63, 3.8) is 0 Å². The van der Waals surface area contributed by atoms with Gasteiger partial charge in [-0.25, -0.2) is 4.79 Å². The molecule has 0 aliphatic heterocycles. The number of rotatable bonds is 5. The van der Waals surface area contributed by atoms with Crippen LogP contribution in [0.2, 0.25) is 0 Å². The predicted octanol–water partition coefficient (Wildman–Crippen LogP) is 2.69. The maximum atomic E-state index is 12.3. The number of aliphatic carboxylic acids is 1. The molecule has 5 heteroatoms. The summed E-state index contributed by atoms with van der Waals surface area (Å²) in [4.78, 5) is 23.4. The van der Waals surface area contributed by atoms with Gasteiger partial charge in [-0.05, 0) is 38.5 Å². The normalized spacial score (nSPS) is 12.0. The van der Waals surface area contributed by atoms with E-state index >= 15 is 0 Å². The second-order valence-electron chi connectivity index (χ2n) is 5.23. The molecule has 0 aliphatic carbocycles. The molecule has 1 aromatic carbocycles. The van der Waals surface area contributed by atoms with Crippen molar-refractivity contribution in [3.8, 4) is 5.69 Å². The van der Waals surface area contributed by atoms with E-state index in [1.807, 2.05) is 48.7 Å². The number of hydrogen-bond donors (Lipinski definition) is 2. The van der Waals surface area contributed by atoms with Gasteiger partial charge in [0.25, 0.3) is 5.91 Å². The molecular formula is C17H20N2O3. The molecule has 0 saturated carbocycles. The van der Waals surface area contributed by atoms with Gasteiger partial charge < -0.3 is 15.0 Å². The highest BCUT2D eigenvalue weighted by atomic mass is 16.4. The van der Waals surface area contributed by atoms with Crippen LogP contribution in [-0.4, -0.2) is 27.6 Å². The molecule has 0 saturated heterocycles. The van der Waals surface area contributed by atoms with Crippen molar-refractivity contribution in [2.24, 2.45) is 0 Å². The van der Waals surface area contributed by atoms with Crippen LogP contribution >= 0.6 is 0 Å². The second kappa shape index (κ2) is 6.47. The number of nitrogens with one attached hydrogen (secondary N) is 1. The first-order valence-corrected chi connectivity index (χ1v) is 7.23. The number of para-hydroxylation sites is 1. The van der Waals surface area contributed by atoms with Crippen molar-refractivity contribution in [3.05, 3.63) is 53.3 Å². The van der Waals surface area contributed by atoms with Gasteiger partial charge in [0.05, 0.1) is 5.56 Å². The van der Waals surface area contributed by atoms with Crippen molar-refractivity contribution in [2.75, 3.05) is 0 Å². The average Bonchev–Trinajstić information content (AvgIpc) is 2.80. The fraction of sp³-hybridized carbons (Fsp3) is 0.294. The Hall–Kier alpha value is -2.56. The number of carboxylic acids is 1. The molecule has 1 aromatic heterocycles. The Morgan fingerprint density at radius 1 is 1.23 bits per heavy atom. The summed E-state index contributed by atoms with van der Waals surface area (Å²) in [6, 6.07) is 10.7. The number of carbonyl (C=O) groups is 2. The highest BCUT2D eigenvalue weighted by Gasteiger charge is 2.22. The lowest BCUT2D eigenvalue weighted by Gasteiger charge is -2.13. The first-order chi connectivity index (χ1) is 10.5. The van der Waals surface area contributed by atoms with Gasteiger partial charge in [0.1, 0.15) is 6.04 Å². The Balaban J connectivity index is 2.34. The number of carbonyl (C=O) groups excluding carboxylic acids is 1. The van der Waals surface area contributed by atoms with Gasteiger partial charge in [-0.1, -0.05) is 25.1 Å². The summed E-state index contributed by atoms with van der Waals surface area (Å²) in [5.41, 5.74) is 3.20. The third-order valence-electron chi connectivity index (χ3n) is 3.70. The third kappa shape index (κ3) is 3.03. The van der Waals surface area contributed by atoms with Crippen LogP contribution in [0.1, 0.15) is 35.1 Å². The Morgan fingerprint density at radius 2 is 1.86 bits per heavy atom. The van der Waals surface area contributed by atoms with Crippen molar-refractivity contribution in [2.45, 2.75) is 33.2 Å². The molecule has 0 fully saturated rings. The molecular weight excluding hydrogens is 280 g/mol. The molecule has 1 amide bonds. The third-order valence-corrected chi connectivity index (χ3v) is 3.70. The largest absolute Gasteiger partial charge is 0.480 e. The minimum absolute atomic E-state index is 0.346. The summed E-state index contributed by atoms with van der Waals surface area (Å²) in [6.07, 6.45) is 0.346. The number of benzene rings is 1. The fourth-order valence-corrected chi connectivity index (χ4v) is 2.54. The minimum Gasteiger partial charge on any atom is -0.480 e. The second-order valence-corrected chi connectivity index (χ2v) is 5.23. The van der Waals surface area contributed by atoms with E-state index in [0.717, 1.165) is 17.1 Å². The summed E-state index contributed by atoms with van der Waals surface area (Å²) in [5, 5.41) is 11.6. The molecule has 22 heavy (non-hydrogen) atoms. The van der Waals surface area contributed by atoms with Crippen LogP contribution in [0.3, 0.4) is 0 Å². The lowest BCUT2D eigenvalue weighted by Crippen LogP contribution is -2.40. The zero-order chi connectivity index (χ0) is 16.3. The number of aryl methyl sites for hydroxylation is 1. The lowest BCUT2D eigenvalue weighted by molar-refractivity contribution is -0.139. The summed E-state index contributed by atoms with van der Waals surface area (Å²) in [6.45, 7) is 5.51. The monoisotopic (exact) mass is 300 g/mol. The summed E-state index contributed by atoms with van der Waals surface area (Å²) >= 11 is 0. The molecule has 5 nitrogen and oxygen atoms in total. The van der Waals surface area contributed by atoms with Gasteiger partial charge in [-0.15, -0.1) is 0 Å². The van der Waals surface area contributed by atoms with Crippen molar-refractivity contribution in [1.82, 2.24) is 9.88 Å². The number of amides is 1. The van der Waals surface area contributed by atoms with E-state index in [9.17, 15) is 9.59 Å². The molecule has 2 aromatic rings. The quantitative estimate of drug-likeness (QED) is 0.892. The maximum Gasteiger partial charge on any atom is 0.326 e. The van der Waals surface area contributed by atoms with Crippen LogP contribution in [0.4, 0.5) is 0 Å². The highest BCUT2D eigenvalue weighted by molar-refractivity contribution is 5.98. The molecule has 1 unspecified atom stereocenters. The molecule has 1 heterocycles. The lowest BCUT2D eigenvalue weighted by atomic mass is 10.2. The Bertz CT molecular complexity index is 689. The Labute approximate surface area is 129 Å². The molecule has 2 rings (SSSR count). The van der Waals surface area contributed by atoms with Crippen LogP contribution in [0, 0.1) is 13.8 Å². The summed E-state index contributed by atoms with van der Waals surface area (Å²) in [7, 11) is 0. The number of nitrogens with zero attached hydrogens (tertiary/aromatic N) is 1. The maximum absolute atomic E-state index is 12.3. The first-order valence-electron chi connectivity index (χ1n) is 7.23.